The van der Waals surface area contributed by atoms with Crippen LogP contribution in [0.1, 0.15) is 23.7 Å². The van der Waals surface area contributed by atoms with Crippen LogP contribution in [-0.2, 0) is 0 Å². The molecule has 1 amide bonds. The van der Waals surface area contributed by atoms with Gasteiger partial charge >= 0.3 is 0 Å². The summed E-state index contributed by atoms with van der Waals surface area (Å²) in [6, 6.07) is 5.54. The highest BCUT2D eigenvalue weighted by molar-refractivity contribution is 5.98. The number of anilines is 2. The van der Waals surface area contributed by atoms with Crippen LogP contribution in [0, 0.1) is 5.41 Å². The fourth-order valence-corrected chi connectivity index (χ4v) is 4.17. The molecule has 6 nitrogen and oxygen atoms in total. The molecule has 3 heterocycles. The molecule has 130 valence electrons. The highest BCUT2D eigenvalue weighted by Crippen LogP contribution is 2.48. The fraction of sp³-hybridized carbons (Fsp3) is 0.316. The van der Waals surface area contributed by atoms with Gasteiger partial charge in [-0.3, -0.25) is 9.80 Å². The number of hydrogen-bond acceptors (Lipinski definition) is 5. The summed E-state index contributed by atoms with van der Waals surface area (Å²) < 4.78 is 0. The minimum absolute atomic E-state index is 0.267. The third-order valence-corrected chi connectivity index (χ3v) is 5.64. The van der Waals surface area contributed by atoms with Crippen LogP contribution in [-0.4, -0.2) is 34.5 Å². The zero-order chi connectivity index (χ0) is 17.8. The number of carbonyl (C=O) groups excluding carboxylic acids is 1. The number of nitrogens with one attached hydrogen (secondary N) is 1. The number of fused-ring (bicyclic) bond motifs is 3. The lowest BCUT2D eigenvalue weighted by Crippen LogP contribution is -2.67. The van der Waals surface area contributed by atoms with Crippen LogP contribution in [0.4, 0.5) is 11.4 Å². The smallest absolute Gasteiger partial charge is 0.269 e. The molecule has 3 atom stereocenters. The number of carbonyl (C=O) groups is 1. The van der Waals surface area contributed by atoms with Crippen LogP contribution in [0.2, 0.25) is 0 Å². The van der Waals surface area contributed by atoms with E-state index in [1.807, 2.05) is 42.2 Å². The molecule has 0 aromatic heterocycles. The van der Waals surface area contributed by atoms with Gasteiger partial charge in [0.25, 0.3) is 5.91 Å². The number of hydrogen-bond donors (Lipinski definition) is 3. The number of hydrazine groups is 1. The summed E-state index contributed by atoms with van der Waals surface area (Å²) in [5.74, 6) is 6.05. The molecule has 0 saturated carbocycles. The molecule has 0 saturated heterocycles. The average Bonchev–Trinajstić information content (AvgIpc) is 3.00. The molecule has 1 aromatic carbocycles. The lowest BCUT2D eigenvalue weighted by atomic mass is 9.66. The van der Waals surface area contributed by atoms with E-state index in [4.69, 9.17) is 5.84 Å². The van der Waals surface area contributed by atoms with Gasteiger partial charge in [0.05, 0.1) is 29.1 Å². The molecule has 0 spiro atoms. The Hall–Kier alpha value is -2.57. The molecular formula is C19H22N4O2. The maximum atomic E-state index is 12.9. The zero-order valence-corrected chi connectivity index (χ0v) is 14.1. The van der Waals surface area contributed by atoms with Crippen LogP contribution < -0.4 is 16.1 Å². The Morgan fingerprint density at radius 3 is 2.96 bits per heavy atom. The maximum absolute atomic E-state index is 12.9. The van der Waals surface area contributed by atoms with Crippen molar-refractivity contribution in [1.82, 2.24) is 5.01 Å². The number of benzene rings is 1. The third kappa shape index (κ3) is 2.01. The van der Waals surface area contributed by atoms with Crippen molar-refractivity contribution in [1.29, 1.82) is 0 Å². The van der Waals surface area contributed by atoms with Gasteiger partial charge in [-0.15, -0.1) is 6.58 Å². The van der Waals surface area contributed by atoms with Gasteiger partial charge in [-0.2, -0.15) is 0 Å². The molecule has 4 aliphatic rings. The van der Waals surface area contributed by atoms with Crippen molar-refractivity contribution in [2.45, 2.75) is 25.1 Å². The molecule has 1 aromatic rings. The molecular weight excluding hydrogens is 316 g/mol. The van der Waals surface area contributed by atoms with E-state index in [1.165, 1.54) is 5.01 Å². The Kier molecular flexibility index (Phi) is 3.32. The summed E-state index contributed by atoms with van der Waals surface area (Å²) in [5, 5.41) is 16.0. The van der Waals surface area contributed by atoms with Crippen LogP contribution in [0.5, 0.6) is 0 Å². The molecule has 1 aliphatic carbocycles. The highest BCUT2D eigenvalue weighted by atomic mass is 16.3. The summed E-state index contributed by atoms with van der Waals surface area (Å²) in [6.45, 7) is 6.22. The lowest BCUT2D eigenvalue weighted by Gasteiger charge is -2.53. The molecule has 0 radical (unpaired) electrons. The summed E-state index contributed by atoms with van der Waals surface area (Å²) in [4.78, 5) is 14.9. The van der Waals surface area contributed by atoms with Gasteiger partial charge in [0.1, 0.15) is 6.17 Å². The van der Waals surface area contributed by atoms with E-state index in [-0.39, 0.29) is 5.91 Å². The second-order valence-electron chi connectivity index (χ2n) is 7.04. The number of rotatable bonds is 3. The predicted octanol–water partition coefficient (Wildman–Crippen LogP) is 1.97. The molecule has 4 bridgehead atoms. The largest absolute Gasteiger partial charge is 0.384 e. The first kappa shape index (κ1) is 15.9. The van der Waals surface area contributed by atoms with Crippen molar-refractivity contribution >= 4 is 17.3 Å². The third-order valence-electron chi connectivity index (χ3n) is 5.64. The Labute approximate surface area is 146 Å². The zero-order valence-electron chi connectivity index (χ0n) is 14.1. The number of allylic oxidation sites excluding steroid dienone is 2. The van der Waals surface area contributed by atoms with Crippen LogP contribution in [0.15, 0.2) is 55.2 Å². The number of aliphatic hydroxyl groups is 1. The van der Waals surface area contributed by atoms with Crippen molar-refractivity contribution in [3.8, 4) is 0 Å². The first-order valence-electron chi connectivity index (χ1n) is 8.34. The van der Waals surface area contributed by atoms with Gasteiger partial charge in [0, 0.05) is 5.56 Å². The van der Waals surface area contributed by atoms with Crippen LogP contribution in [0.3, 0.4) is 0 Å². The van der Waals surface area contributed by atoms with E-state index in [0.717, 1.165) is 11.4 Å². The quantitative estimate of drug-likeness (QED) is 0.446. The number of nitrogens with two attached hydrogens (primary N) is 1. The maximum Gasteiger partial charge on any atom is 0.269 e. The number of amides is 1. The van der Waals surface area contributed by atoms with Gasteiger partial charge in [-0.1, -0.05) is 30.4 Å². The van der Waals surface area contributed by atoms with Crippen LogP contribution in [0.25, 0.3) is 0 Å². The minimum Gasteiger partial charge on any atom is -0.384 e. The minimum atomic E-state index is -1.20. The highest BCUT2D eigenvalue weighted by Gasteiger charge is 2.55. The van der Waals surface area contributed by atoms with Crippen molar-refractivity contribution in [2.24, 2.45) is 11.3 Å². The molecule has 25 heavy (non-hydrogen) atoms. The summed E-state index contributed by atoms with van der Waals surface area (Å²) in [6.07, 6.45) is 8.89. The Bertz CT molecular complexity index is 818. The Balaban J connectivity index is 1.90. The van der Waals surface area contributed by atoms with Crippen molar-refractivity contribution in [3.63, 3.8) is 0 Å². The van der Waals surface area contributed by atoms with E-state index in [0.29, 0.717) is 18.7 Å². The first-order chi connectivity index (χ1) is 11.9. The monoisotopic (exact) mass is 338 g/mol. The molecule has 5 rings (SSSR count). The summed E-state index contributed by atoms with van der Waals surface area (Å²) in [5.41, 5.74) is 0.394. The molecule has 3 aliphatic heterocycles. The predicted molar refractivity (Wildman–Crippen MR) is 97.7 cm³/mol. The number of nitrogens with zero attached hydrogens (tertiary/aromatic N) is 2. The van der Waals surface area contributed by atoms with E-state index in [9.17, 15) is 9.90 Å². The Morgan fingerprint density at radius 2 is 2.20 bits per heavy atom. The fourth-order valence-electron chi connectivity index (χ4n) is 4.17. The van der Waals surface area contributed by atoms with Gasteiger partial charge < -0.3 is 15.3 Å². The topological polar surface area (TPSA) is 81.8 Å². The van der Waals surface area contributed by atoms with Crippen molar-refractivity contribution in [2.75, 3.05) is 16.9 Å². The van der Waals surface area contributed by atoms with Crippen LogP contribution >= 0.6 is 0 Å². The molecule has 4 N–H and O–H groups in total. The van der Waals surface area contributed by atoms with Crippen molar-refractivity contribution in [3.05, 3.63) is 60.7 Å². The molecule has 0 fully saturated rings. The van der Waals surface area contributed by atoms with Gasteiger partial charge in [-0.05, 0) is 31.5 Å². The first-order valence-corrected chi connectivity index (χ1v) is 8.34. The van der Waals surface area contributed by atoms with Crippen molar-refractivity contribution < 1.29 is 9.90 Å². The Morgan fingerprint density at radius 1 is 1.44 bits per heavy atom. The lowest BCUT2D eigenvalue weighted by molar-refractivity contribution is -0.0522. The molecule has 3 unspecified atom stereocenters. The van der Waals surface area contributed by atoms with E-state index in [2.05, 4.69) is 11.9 Å². The second-order valence-corrected chi connectivity index (χ2v) is 7.04. The van der Waals surface area contributed by atoms with Gasteiger partial charge in [0.2, 0.25) is 0 Å². The SMILES string of the molecule is C=CCC1(O)C=CC=CC1(C)C1N(N)C(=O)c2ccc3c(c2)NCN31. The van der Waals surface area contributed by atoms with E-state index >= 15 is 0 Å². The second kappa shape index (κ2) is 5.21. The summed E-state index contributed by atoms with van der Waals surface area (Å²) >= 11 is 0. The normalized spacial score (nSPS) is 32.6. The summed E-state index contributed by atoms with van der Waals surface area (Å²) in [7, 11) is 0. The molecule has 6 heteroatoms. The van der Waals surface area contributed by atoms with E-state index < -0.39 is 17.2 Å². The standard InChI is InChI=1S/C19H22N4O2/c1-3-8-19(25)10-5-4-9-18(19,2)17-22-12-21-14-11-13(6-7-15(14)22)16(24)23(17)20/h3-7,9-11,17,21,25H,1,8,12,20H2,2H3. The van der Waals surface area contributed by atoms with Gasteiger partial charge in [0.15, 0.2) is 0 Å². The van der Waals surface area contributed by atoms with Gasteiger partial charge in [-0.25, -0.2) is 5.84 Å². The average molecular weight is 338 g/mol. The van der Waals surface area contributed by atoms with E-state index in [1.54, 1.807) is 18.2 Å².